The summed E-state index contributed by atoms with van der Waals surface area (Å²) in [5, 5.41) is 11.3. The van der Waals surface area contributed by atoms with Crippen molar-refractivity contribution in [3.8, 4) is 6.07 Å². The van der Waals surface area contributed by atoms with Crippen molar-refractivity contribution in [3.63, 3.8) is 0 Å². The molecule has 1 atom stereocenters. The van der Waals surface area contributed by atoms with Crippen molar-refractivity contribution in [1.29, 1.82) is 5.26 Å². The molecular formula is C12H22N4O. The maximum Gasteiger partial charge on any atom is 0.224 e. The summed E-state index contributed by atoms with van der Waals surface area (Å²) in [5.74, 6) is 0.220. The Kier molecular flexibility index (Phi) is 6.60. The molecule has 5 heteroatoms. The Morgan fingerprint density at radius 3 is 3.12 bits per heavy atom. The number of piperidine rings is 1. The van der Waals surface area contributed by atoms with Crippen molar-refractivity contribution >= 4 is 5.91 Å². The van der Waals surface area contributed by atoms with E-state index in [2.05, 4.69) is 16.3 Å². The van der Waals surface area contributed by atoms with Crippen LogP contribution >= 0.6 is 0 Å². The highest BCUT2D eigenvalue weighted by molar-refractivity contribution is 5.78. The van der Waals surface area contributed by atoms with Gasteiger partial charge < -0.3 is 16.0 Å². The molecule has 96 valence electrons. The van der Waals surface area contributed by atoms with Crippen LogP contribution in [0.4, 0.5) is 0 Å². The largest absolute Gasteiger partial charge is 0.355 e. The van der Waals surface area contributed by atoms with Crippen LogP contribution < -0.4 is 11.1 Å². The van der Waals surface area contributed by atoms with Crippen LogP contribution in [0.15, 0.2) is 0 Å². The summed E-state index contributed by atoms with van der Waals surface area (Å²) in [5.41, 5.74) is 5.36. The van der Waals surface area contributed by atoms with E-state index in [1.54, 1.807) is 0 Å². The maximum atomic E-state index is 11.8. The van der Waals surface area contributed by atoms with E-state index in [1.807, 2.05) is 0 Å². The third-order valence-electron chi connectivity index (χ3n) is 3.08. The molecule has 1 unspecified atom stereocenters. The first-order valence-corrected chi connectivity index (χ1v) is 6.35. The molecule has 0 bridgehead atoms. The Balaban J connectivity index is 2.28. The summed E-state index contributed by atoms with van der Waals surface area (Å²) in [7, 11) is 0. The zero-order valence-corrected chi connectivity index (χ0v) is 10.3. The summed E-state index contributed by atoms with van der Waals surface area (Å²) in [4.78, 5) is 14.1. The number of nitrogens with zero attached hydrogens (tertiary/aromatic N) is 2. The van der Waals surface area contributed by atoms with Gasteiger partial charge in [0.2, 0.25) is 5.91 Å². The fraction of sp³-hybridized carbons (Fsp3) is 0.833. The van der Waals surface area contributed by atoms with E-state index in [9.17, 15) is 4.79 Å². The van der Waals surface area contributed by atoms with E-state index >= 15 is 0 Å². The van der Waals surface area contributed by atoms with Gasteiger partial charge in [-0.3, -0.25) is 4.79 Å². The SMILES string of the molecule is N#CCCCN1CCCC(C(=O)NCCN)C1. The first-order valence-electron chi connectivity index (χ1n) is 6.35. The molecule has 0 aromatic carbocycles. The predicted octanol–water partition coefficient (Wildman–Crippen LogP) is 0.0771. The molecule has 0 aromatic heterocycles. The quantitative estimate of drug-likeness (QED) is 0.642. The molecule has 1 aliphatic rings. The van der Waals surface area contributed by atoms with E-state index in [-0.39, 0.29) is 11.8 Å². The smallest absolute Gasteiger partial charge is 0.224 e. The fourth-order valence-corrected chi connectivity index (χ4v) is 2.19. The van der Waals surface area contributed by atoms with Crippen LogP contribution in [0.2, 0.25) is 0 Å². The molecule has 0 spiro atoms. The number of hydrogen-bond donors (Lipinski definition) is 2. The van der Waals surface area contributed by atoms with Gasteiger partial charge in [0.05, 0.1) is 12.0 Å². The Labute approximate surface area is 103 Å². The van der Waals surface area contributed by atoms with Crippen molar-refractivity contribution in [3.05, 3.63) is 0 Å². The average molecular weight is 238 g/mol. The second-order valence-electron chi connectivity index (χ2n) is 4.48. The third kappa shape index (κ3) is 5.16. The zero-order chi connectivity index (χ0) is 12.5. The van der Waals surface area contributed by atoms with Crippen LogP contribution in [-0.2, 0) is 4.79 Å². The monoisotopic (exact) mass is 238 g/mol. The molecule has 0 saturated carbocycles. The van der Waals surface area contributed by atoms with Crippen LogP contribution in [0.3, 0.4) is 0 Å². The highest BCUT2D eigenvalue weighted by Crippen LogP contribution is 2.16. The molecule has 1 rings (SSSR count). The van der Waals surface area contributed by atoms with Gasteiger partial charge in [-0.1, -0.05) is 0 Å². The summed E-state index contributed by atoms with van der Waals surface area (Å²) >= 11 is 0. The summed E-state index contributed by atoms with van der Waals surface area (Å²) in [6.45, 7) is 3.84. The fourth-order valence-electron chi connectivity index (χ4n) is 2.19. The van der Waals surface area contributed by atoms with Gasteiger partial charge in [-0.05, 0) is 32.4 Å². The Morgan fingerprint density at radius 2 is 2.41 bits per heavy atom. The van der Waals surface area contributed by atoms with Gasteiger partial charge >= 0.3 is 0 Å². The van der Waals surface area contributed by atoms with Crippen molar-refractivity contribution in [1.82, 2.24) is 10.2 Å². The van der Waals surface area contributed by atoms with Crippen LogP contribution in [0, 0.1) is 17.2 Å². The van der Waals surface area contributed by atoms with E-state index < -0.39 is 0 Å². The number of likely N-dealkylation sites (tertiary alicyclic amines) is 1. The number of nitrogens with two attached hydrogens (primary N) is 1. The maximum absolute atomic E-state index is 11.8. The molecule has 17 heavy (non-hydrogen) atoms. The molecule has 0 aromatic rings. The summed E-state index contributed by atoms with van der Waals surface area (Å²) in [6, 6.07) is 2.15. The zero-order valence-electron chi connectivity index (χ0n) is 10.3. The van der Waals surface area contributed by atoms with Crippen LogP contribution in [0.1, 0.15) is 25.7 Å². The number of rotatable bonds is 6. The second-order valence-corrected chi connectivity index (χ2v) is 4.48. The molecule has 1 aliphatic heterocycles. The highest BCUT2D eigenvalue weighted by atomic mass is 16.1. The van der Waals surface area contributed by atoms with Crippen LogP contribution in [0.5, 0.6) is 0 Å². The third-order valence-corrected chi connectivity index (χ3v) is 3.08. The van der Waals surface area contributed by atoms with Gasteiger partial charge in [-0.25, -0.2) is 0 Å². The first kappa shape index (κ1) is 13.9. The van der Waals surface area contributed by atoms with Crippen molar-refractivity contribution in [2.75, 3.05) is 32.7 Å². The number of unbranched alkanes of at least 4 members (excludes halogenated alkanes) is 1. The van der Waals surface area contributed by atoms with Crippen LogP contribution in [0.25, 0.3) is 0 Å². The summed E-state index contributed by atoms with van der Waals surface area (Å²) in [6.07, 6.45) is 3.52. The predicted molar refractivity (Wildman–Crippen MR) is 66.1 cm³/mol. The number of nitriles is 1. The minimum atomic E-state index is 0.0948. The van der Waals surface area contributed by atoms with Crippen molar-refractivity contribution < 1.29 is 4.79 Å². The number of carbonyl (C=O) groups is 1. The van der Waals surface area contributed by atoms with Crippen molar-refractivity contribution in [2.24, 2.45) is 11.7 Å². The van der Waals surface area contributed by atoms with Gasteiger partial charge in [0.25, 0.3) is 0 Å². The average Bonchev–Trinajstić information content (AvgIpc) is 2.36. The lowest BCUT2D eigenvalue weighted by molar-refractivity contribution is -0.126. The standard InChI is InChI=1S/C12H22N4O/c13-5-1-2-8-16-9-3-4-11(10-16)12(17)15-7-6-14/h11H,1-4,6-10,14H2,(H,15,17). The normalized spacial score (nSPS) is 20.8. The Bertz CT molecular complexity index is 274. The van der Waals surface area contributed by atoms with Gasteiger partial charge in [0, 0.05) is 26.1 Å². The number of nitrogens with one attached hydrogen (secondary N) is 1. The first-order chi connectivity index (χ1) is 8.27. The van der Waals surface area contributed by atoms with Crippen LogP contribution in [-0.4, -0.2) is 43.5 Å². The molecular weight excluding hydrogens is 216 g/mol. The van der Waals surface area contributed by atoms with E-state index in [0.29, 0.717) is 19.5 Å². The molecule has 1 amide bonds. The minimum Gasteiger partial charge on any atom is -0.355 e. The molecule has 5 nitrogen and oxygen atoms in total. The highest BCUT2D eigenvalue weighted by Gasteiger charge is 2.24. The Hall–Kier alpha value is -1.12. The van der Waals surface area contributed by atoms with E-state index in [1.165, 1.54) is 0 Å². The number of hydrogen-bond acceptors (Lipinski definition) is 4. The minimum absolute atomic E-state index is 0.0948. The van der Waals surface area contributed by atoms with E-state index in [0.717, 1.165) is 38.9 Å². The molecule has 3 N–H and O–H groups in total. The molecule has 0 radical (unpaired) electrons. The number of amides is 1. The Morgan fingerprint density at radius 1 is 1.59 bits per heavy atom. The van der Waals surface area contributed by atoms with Gasteiger partial charge in [-0.15, -0.1) is 0 Å². The molecule has 0 aliphatic carbocycles. The molecule has 1 fully saturated rings. The summed E-state index contributed by atoms with van der Waals surface area (Å²) < 4.78 is 0. The van der Waals surface area contributed by atoms with Crippen molar-refractivity contribution in [2.45, 2.75) is 25.7 Å². The molecule has 1 saturated heterocycles. The second kappa shape index (κ2) is 8.04. The number of carbonyl (C=O) groups excluding carboxylic acids is 1. The van der Waals surface area contributed by atoms with Gasteiger partial charge in [-0.2, -0.15) is 5.26 Å². The lowest BCUT2D eigenvalue weighted by Crippen LogP contribution is -2.44. The van der Waals surface area contributed by atoms with Gasteiger partial charge in [0.1, 0.15) is 0 Å². The topological polar surface area (TPSA) is 82.2 Å². The molecule has 1 heterocycles. The lowest BCUT2D eigenvalue weighted by atomic mass is 9.97. The lowest BCUT2D eigenvalue weighted by Gasteiger charge is -2.31. The van der Waals surface area contributed by atoms with Gasteiger partial charge in [0.15, 0.2) is 0 Å². The van der Waals surface area contributed by atoms with E-state index in [4.69, 9.17) is 11.0 Å².